The first kappa shape index (κ1) is 8.71. The van der Waals surface area contributed by atoms with E-state index in [0.717, 1.165) is 5.56 Å². The van der Waals surface area contributed by atoms with Crippen molar-refractivity contribution in [1.82, 2.24) is 4.98 Å². The lowest BCUT2D eigenvalue weighted by molar-refractivity contribution is 0.369. The van der Waals surface area contributed by atoms with Gasteiger partial charge in [0.05, 0.1) is 7.11 Å². The van der Waals surface area contributed by atoms with Crippen molar-refractivity contribution in [3.05, 3.63) is 29.7 Å². The number of allylic oxidation sites excluding steroid dienone is 1. The molecule has 1 heterocycles. The van der Waals surface area contributed by atoms with Gasteiger partial charge in [-0.1, -0.05) is 12.2 Å². The highest BCUT2D eigenvalue weighted by Crippen LogP contribution is 2.14. The summed E-state index contributed by atoms with van der Waals surface area (Å²) in [5, 5.41) is 0. The molecule has 1 aromatic rings. The molecule has 0 saturated carbocycles. The molecular weight excluding hydrogens is 157 g/mol. The summed E-state index contributed by atoms with van der Waals surface area (Å²) in [6.07, 6.45) is 5.15. The zero-order chi connectivity index (χ0) is 8.97. The van der Waals surface area contributed by atoms with Crippen molar-refractivity contribution in [2.24, 2.45) is 0 Å². The van der Waals surface area contributed by atoms with Gasteiger partial charge in [0.25, 0.3) is 0 Å². The van der Waals surface area contributed by atoms with Crippen LogP contribution in [0.1, 0.15) is 12.5 Å². The largest absolute Gasteiger partial charge is 0.479 e. The summed E-state index contributed by atoms with van der Waals surface area (Å²) >= 11 is 0. The van der Waals surface area contributed by atoms with E-state index >= 15 is 0 Å². The summed E-state index contributed by atoms with van der Waals surface area (Å²) in [5.41, 5.74) is 0.732. The maximum atomic E-state index is 13.0. The van der Waals surface area contributed by atoms with Crippen LogP contribution in [0.25, 0.3) is 6.08 Å². The maximum Gasteiger partial charge on any atom is 0.250 e. The Labute approximate surface area is 70.7 Å². The van der Waals surface area contributed by atoms with E-state index < -0.39 is 5.82 Å². The summed E-state index contributed by atoms with van der Waals surface area (Å²) in [7, 11) is 1.39. The number of hydrogen-bond acceptors (Lipinski definition) is 2. The third kappa shape index (κ3) is 1.81. The Morgan fingerprint density at radius 1 is 1.58 bits per heavy atom. The standard InChI is InChI=1S/C9H10FNO/c1-3-4-7-5-8(10)9(12-2)11-6-7/h3-6H,1-2H3/b4-3+. The Bertz CT molecular complexity index is 297. The van der Waals surface area contributed by atoms with Gasteiger partial charge in [0.1, 0.15) is 0 Å². The first-order chi connectivity index (χ1) is 5.77. The molecule has 0 bridgehead atoms. The highest BCUT2D eigenvalue weighted by atomic mass is 19.1. The monoisotopic (exact) mass is 167 g/mol. The molecule has 0 aliphatic heterocycles. The van der Waals surface area contributed by atoms with Gasteiger partial charge in [0.15, 0.2) is 5.82 Å². The van der Waals surface area contributed by atoms with Crippen molar-refractivity contribution in [1.29, 1.82) is 0 Å². The number of hydrogen-bond donors (Lipinski definition) is 0. The number of methoxy groups -OCH3 is 1. The first-order valence-corrected chi connectivity index (χ1v) is 3.60. The second-order valence-corrected chi connectivity index (χ2v) is 2.26. The predicted octanol–water partition coefficient (Wildman–Crippen LogP) is 2.26. The fraction of sp³-hybridized carbons (Fsp3) is 0.222. The molecule has 12 heavy (non-hydrogen) atoms. The van der Waals surface area contributed by atoms with Crippen LogP contribution in [0.15, 0.2) is 18.3 Å². The molecule has 2 nitrogen and oxygen atoms in total. The van der Waals surface area contributed by atoms with Gasteiger partial charge in [0, 0.05) is 6.20 Å². The quantitative estimate of drug-likeness (QED) is 0.674. The van der Waals surface area contributed by atoms with E-state index in [1.54, 1.807) is 12.3 Å². The van der Waals surface area contributed by atoms with Gasteiger partial charge < -0.3 is 4.74 Å². The second-order valence-electron chi connectivity index (χ2n) is 2.26. The Kier molecular flexibility index (Phi) is 2.80. The average molecular weight is 167 g/mol. The highest BCUT2D eigenvalue weighted by molar-refractivity contribution is 5.48. The number of halogens is 1. The predicted molar refractivity (Wildman–Crippen MR) is 45.5 cm³/mol. The fourth-order valence-corrected chi connectivity index (χ4v) is 0.874. The molecule has 0 aliphatic carbocycles. The fourth-order valence-electron chi connectivity index (χ4n) is 0.874. The molecule has 0 N–H and O–H groups in total. The van der Waals surface area contributed by atoms with Gasteiger partial charge in [-0.05, 0) is 18.6 Å². The molecule has 0 aliphatic rings. The van der Waals surface area contributed by atoms with Crippen LogP contribution in [-0.4, -0.2) is 12.1 Å². The second kappa shape index (κ2) is 3.85. The van der Waals surface area contributed by atoms with Gasteiger partial charge in [-0.2, -0.15) is 0 Å². The Morgan fingerprint density at radius 2 is 2.33 bits per heavy atom. The minimum atomic E-state index is -0.437. The first-order valence-electron chi connectivity index (χ1n) is 3.60. The molecule has 0 fully saturated rings. The third-order valence-electron chi connectivity index (χ3n) is 1.38. The van der Waals surface area contributed by atoms with E-state index in [9.17, 15) is 4.39 Å². The number of nitrogens with zero attached hydrogens (tertiary/aromatic N) is 1. The molecule has 0 amide bonds. The molecule has 0 radical (unpaired) electrons. The van der Waals surface area contributed by atoms with Crippen LogP contribution in [0.3, 0.4) is 0 Å². The lowest BCUT2D eigenvalue weighted by atomic mass is 10.2. The van der Waals surface area contributed by atoms with Crippen molar-refractivity contribution >= 4 is 6.08 Å². The summed E-state index contributed by atoms with van der Waals surface area (Å²) in [4.78, 5) is 3.77. The van der Waals surface area contributed by atoms with Gasteiger partial charge >= 0.3 is 0 Å². The van der Waals surface area contributed by atoms with E-state index in [1.807, 2.05) is 13.0 Å². The molecule has 0 saturated heterocycles. The molecule has 64 valence electrons. The SMILES string of the molecule is C/C=C/c1cnc(OC)c(F)c1. The van der Waals surface area contributed by atoms with E-state index in [2.05, 4.69) is 9.72 Å². The molecule has 3 heteroatoms. The molecule has 0 unspecified atom stereocenters. The van der Waals surface area contributed by atoms with Gasteiger partial charge in [-0.15, -0.1) is 0 Å². The number of aromatic nitrogens is 1. The minimum absolute atomic E-state index is 0.0308. The Hall–Kier alpha value is -1.38. The summed E-state index contributed by atoms with van der Waals surface area (Å²) in [6, 6.07) is 1.38. The Morgan fingerprint density at radius 3 is 2.83 bits per heavy atom. The lowest BCUT2D eigenvalue weighted by Crippen LogP contribution is -1.91. The summed E-state index contributed by atoms with van der Waals surface area (Å²) in [5.74, 6) is -0.406. The van der Waals surface area contributed by atoms with Gasteiger partial charge in [-0.3, -0.25) is 0 Å². The molecule has 1 rings (SSSR count). The van der Waals surface area contributed by atoms with Crippen molar-refractivity contribution in [2.45, 2.75) is 6.92 Å². The minimum Gasteiger partial charge on any atom is -0.479 e. The molecule has 1 aromatic heterocycles. The topological polar surface area (TPSA) is 22.1 Å². The van der Waals surface area contributed by atoms with Crippen LogP contribution in [0.4, 0.5) is 4.39 Å². The molecular formula is C9H10FNO. The molecule has 0 atom stereocenters. The van der Waals surface area contributed by atoms with Crippen LogP contribution < -0.4 is 4.74 Å². The Balaban J connectivity index is 3.01. The van der Waals surface area contributed by atoms with Crippen LogP contribution in [0, 0.1) is 5.82 Å². The van der Waals surface area contributed by atoms with E-state index in [0.29, 0.717) is 0 Å². The number of ether oxygens (including phenoxy) is 1. The van der Waals surface area contributed by atoms with E-state index in [-0.39, 0.29) is 5.88 Å². The number of rotatable bonds is 2. The molecule has 0 aromatic carbocycles. The zero-order valence-corrected chi connectivity index (χ0v) is 7.04. The van der Waals surface area contributed by atoms with Gasteiger partial charge in [-0.25, -0.2) is 9.37 Å². The van der Waals surface area contributed by atoms with Crippen molar-refractivity contribution in [3.63, 3.8) is 0 Å². The van der Waals surface area contributed by atoms with E-state index in [1.165, 1.54) is 13.2 Å². The smallest absolute Gasteiger partial charge is 0.250 e. The van der Waals surface area contributed by atoms with Crippen LogP contribution in [-0.2, 0) is 0 Å². The zero-order valence-electron chi connectivity index (χ0n) is 7.04. The van der Waals surface area contributed by atoms with Crippen molar-refractivity contribution in [2.75, 3.05) is 7.11 Å². The van der Waals surface area contributed by atoms with Crippen molar-refractivity contribution in [3.8, 4) is 5.88 Å². The molecule has 0 spiro atoms. The maximum absolute atomic E-state index is 13.0. The van der Waals surface area contributed by atoms with E-state index in [4.69, 9.17) is 0 Å². The normalized spacial score (nSPS) is 10.6. The van der Waals surface area contributed by atoms with Crippen molar-refractivity contribution < 1.29 is 9.13 Å². The summed E-state index contributed by atoms with van der Waals surface area (Å²) < 4.78 is 17.6. The lowest BCUT2D eigenvalue weighted by Gasteiger charge is -1.99. The number of pyridine rings is 1. The van der Waals surface area contributed by atoms with Gasteiger partial charge in [0.2, 0.25) is 5.88 Å². The third-order valence-corrected chi connectivity index (χ3v) is 1.38. The van der Waals surface area contributed by atoms with Crippen LogP contribution >= 0.6 is 0 Å². The average Bonchev–Trinajstić information content (AvgIpc) is 2.05. The van der Waals surface area contributed by atoms with Crippen LogP contribution in [0.5, 0.6) is 5.88 Å². The summed E-state index contributed by atoms with van der Waals surface area (Å²) in [6.45, 7) is 1.86. The van der Waals surface area contributed by atoms with Crippen LogP contribution in [0.2, 0.25) is 0 Å². The highest BCUT2D eigenvalue weighted by Gasteiger charge is 2.02.